The Kier molecular flexibility index (Phi) is 30.5. The molecule has 0 rings (SSSR count). The molecule has 0 saturated heterocycles. The number of quaternary nitrogens is 1. The molecule has 9 nitrogen and oxygen atoms in total. The lowest BCUT2D eigenvalue weighted by Crippen LogP contribution is -2.37. The van der Waals surface area contributed by atoms with Gasteiger partial charge in [-0.2, -0.15) is 0 Å². The van der Waals surface area contributed by atoms with Gasteiger partial charge in [0, 0.05) is 12.8 Å². The summed E-state index contributed by atoms with van der Waals surface area (Å²) in [4.78, 5) is 37.2. The van der Waals surface area contributed by atoms with Crippen LogP contribution in [0.2, 0.25) is 0 Å². The van der Waals surface area contributed by atoms with E-state index in [4.69, 9.17) is 18.5 Å². The molecule has 2 atom stereocenters. The summed E-state index contributed by atoms with van der Waals surface area (Å²) in [6.45, 7) is 4.14. The van der Waals surface area contributed by atoms with Gasteiger partial charge in [0.15, 0.2) is 6.10 Å². The largest absolute Gasteiger partial charge is 0.756 e. The molecule has 0 spiro atoms. The van der Waals surface area contributed by atoms with E-state index in [0.29, 0.717) is 17.4 Å². The Morgan fingerprint density at radius 3 is 1.69 bits per heavy atom. The van der Waals surface area contributed by atoms with E-state index in [1.54, 1.807) is 0 Å². The summed E-state index contributed by atoms with van der Waals surface area (Å²) in [6, 6.07) is 0. The first-order valence-corrected chi connectivity index (χ1v) is 20.5. The number of hydrogen-bond acceptors (Lipinski definition) is 8. The van der Waals surface area contributed by atoms with Crippen LogP contribution in [0, 0.1) is 0 Å². The predicted molar refractivity (Wildman–Crippen MR) is 194 cm³/mol. The van der Waals surface area contributed by atoms with E-state index in [-0.39, 0.29) is 26.1 Å². The Bertz CT molecular complexity index is 886. The molecule has 48 heavy (non-hydrogen) atoms. The lowest BCUT2D eigenvalue weighted by Gasteiger charge is -2.28. The summed E-state index contributed by atoms with van der Waals surface area (Å²) in [5.41, 5.74) is 0. The lowest BCUT2D eigenvalue weighted by molar-refractivity contribution is -0.870. The van der Waals surface area contributed by atoms with Gasteiger partial charge in [0.05, 0.1) is 27.7 Å². The number of carbonyl (C=O) groups excluding carboxylic acids is 2. The Hall–Kier alpha value is -1.51. The SMILES string of the molecule is CCCCC/C=C\C/C=C\CCCCCCCC(=O)OC(COC(=O)CCCCCCCCCCC)COP(=O)([O-])OCC[N+](C)(C)C. The first-order valence-electron chi connectivity index (χ1n) is 19.0. The Morgan fingerprint density at radius 1 is 0.646 bits per heavy atom. The second-order valence-electron chi connectivity index (χ2n) is 13.9. The van der Waals surface area contributed by atoms with Crippen LogP contribution in [-0.4, -0.2) is 70.0 Å². The van der Waals surface area contributed by atoms with Gasteiger partial charge in [0.2, 0.25) is 0 Å². The fourth-order valence-corrected chi connectivity index (χ4v) is 5.65. The molecule has 282 valence electrons. The van der Waals surface area contributed by atoms with Crippen LogP contribution in [0.25, 0.3) is 0 Å². The first kappa shape index (κ1) is 46.5. The maximum atomic E-state index is 12.6. The molecule has 0 aromatic heterocycles. The minimum Gasteiger partial charge on any atom is -0.756 e. The minimum atomic E-state index is -4.61. The van der Waals surface area contributed by atoms with Gasteiger partial charge in [-0.3, -0.25) is 14.2 Å². The Morgan fingerprint density at radius 2 is 1.12 bits per heavy atom. The number of unbranched alkanes of at least 4 members (excludes halogenated alkanes) is 16. The lowest BCUT2D eigenvalue weighted by atomic mass is 10.1. The van der Waals surface area contributed by atoms with E-state index in [1.165, 1.54) is 64.2 Å². The highest BCUT2D eigenvalue weighted by molar-refractivity contribution is 7.45. The number of hydrogen-bond donors (Lipinski definition) is 0. The standard InChI is InChI=1S/C38H72NO8P/c1-6-8-10-12-14-16-17-18-19-20-21-23-25-27-29-31-38(41)47-36(35-46-48(42,43)45-33-32-39(3,4)5)34-44-37(40)30-28-26-24-22-15-13-11-9-7-2/h14,16,18-19,36H,6-13,15,17,20-35H2,1-5H3/b16-14-,19-18-. The molecule has 0 bridgehead atoms. The van der Waals surface area contributed by atoms with Crippen molar-refractivity contribution in [3.63, 3.8) is 0 Å². The average Bonchev–Trinajstić information content (AvgIpc) is 3.02. The zero-order valence-electron chi connectivity index (χ0n) is 31.4. The number of likely N-dealkylation sites (N-methyl/N-ethyl adjacent to an activating group) is 1. The van der Waals surface area contributed by atoms with E-state index >= 15 is 0 Å². The quantitative estimate of drug-likeness (QED) is 0.0215. The molecule has 0 radical (unpaired) electrons. The maximum absolute atomic E-state index is 12.6. The molecule has 0 aliphatic rings. The van der Waals surface area contributed by atoms with Crippen molar-refractivity contribution in [1.82, 2.24) is 0 Å². The van der Waals surface area contributed by atoms with Gasteiger partial charge in [-0.05, 0) is 44.9 Å². The molecule has 0 fully saturated rings. The highest BCUT2D eigenvalue weighted by Gasteiger charge is 2.21. The summed E-state index contributed by atoms with van der Waals surface area (Å²) in [7, 11) is 1.15. The van der Waals surface area contributed by atoms with Crippen molar-refractivity contribution in [3.05, 3.63) is 24.3 Å². The molecule has 0 saturated carbocycles. The fourth-order valence-electron chi connectivity index (χ4n) is 4.92. The zero-order valence-corrected chi connectivity index (χ0v) is 32.3. The van der Waals surface area contributed by atoms with Gasteiger partial charge in [0.25, 0.3) is 7.82 Å². The van der Waals surface area contributed by atoms with Crippen LogP contribution in [0.5, 0.6) is 0 Å². The third-order valence-corrected chi connectivity index (χ3v) is 8.94. The molecular weight excluding hydrogens is 629 g/mol. The summed E-state index contributed by atoms with van der Waals surface area (Å²) in [5.74, 6) is -0.854. The van der Waals surface area contributed by atoms with Crippen molar-refractivity contribution in [2.45, 2.75) is 161 Å². The van der Waals surface area contributed by atoms with Crippen molar-refractivity contribution >= 4 is 19.8 Å². The van der Waals surface area contributed by atoms with Crippen LogP contribution >= 0.6 is 7.82 Å². The molecule has 0 amide bonds. The molecule has 0 aromatic carbocycles. The predicted octanol–water partition coefficient (Wildman–Crippen LogP) is 9.38. The fraction of sp³-hybridized carbons (Fsp3) is 0.842. The number of nitrogens with zero attached hydrogens (tertiary/aromatic N) is 1. The molecule has 0 aliphatic heterocycles. The third-order valence-electron chi connectivity index (χ3n) is 7.97. The van der Waals surface area contributed by atoms with Crippen LogP contribution in [0.4, 0.5) is 0 Å². The van der Waals surface area contributed by atoms with Crippen molar-refractivity contribution in [1.29, 1.82) is 0 Å². The number of ether oxygens (including phenoxy) is 2. The van der Waals surface area contributed by atoms with E-state index in [0.717, 1.165) is 57.8 Å². The van der Waals surface area contributed by atoms with E-state index in [1.807, 2.05) is 21.1 Å². The van der Waals surface area contributed by atoms with Gasteiger partial charge in [0.1, 0.15) is 19.8 Å². The first-order chi connectivity index (χ1) is 23.0. The van der Waals surface area contributed by atoms with Gasteiger partial charge in [-0.25, -0.2) is 0 Å². The maximum Gasteiger partial charge on any atom is 0.306 e. The van der Waals surface area contributed by atoms with Crippen LogP contribution in [0.1, 0.15) is 155 Å². The summed E-state index contributed by atoms with van der Waals surface area (Å²) >= 11 is 0. The van der Waals surface area contributed by atoms with E-state index in [9.17, 15) is 19.0 Å². The average molecular weight is 702 g/mol. The number of rotatable bonds is 34. The van der Waals surface area contributed by atoms with Crippen LogP contribution in [-0.2, 0) is 32.7 Å². The van der Waals surface area contributed by atoms with Gasteiger partial charge >= 0.3 is 11.9 Å². The third kappa shape index (κ3) is 34.4. The zero-order chi connectivity index (χ0) is 35.8. The minimum absolute atomic E-state index is 0.0325. The van der Waals surface area contributed by atoms with E-state index < -0.39 is 32.5 Å². The smallest absolute Gasteiger partial charge is 0.306 e. The second-order valence-corrected chi connectivity index (χ2v) is 15.4. The Balaban J connectivity index is 4.45. The molecule has 0 heterocycles. The molecule has 2 unspecified atom stereocenters. The van der Waals surface area contributed by atoms with Crippen molar-refractivity contribution in [3.8, 4) is 0 Å². The van der Waals surface area contributed by atoms with Crippen molar-refractivity contribution < 1.29 is 42.1 Å². The summed E-state index contributed by atoms with van der Waals surface area (Å²) in [6.07, 6.45) is 30.6. The summed E-state index contributed by atoms with van der Waals surface area (Å²) in [5, 5.41) is 0. The number of carbonyl (C=O) groups is 2. The molecular formula is C38H72NO8P. The monoisotopic (exact) mass is 701 g/mol. The normalized spacial score (nSPS) is 14.0. The number of phosphoric ester groups is 1. The topological polar surface area (TPSA) is 111 Å². The number of allylic oxidation sites excluding steroid dienone is 4. The molecule has 10 heteroatoms. The number of phosphoric acid groups is 1. The van der Waals surface area contributed by atoms with Crippen LogP contribution in [0.15, 0.2) is 24.3 Å². The summed E-state index contributed by atoms with van der Waals surface area (Å²) < 4.78 is 33.7. The van der Waals surface area contributed by atoms with Gasteiger partial charge in [-0.1, -0.05) is 122 Å². The van der Waals surface area contributed by atoms with Crippen molar-refractivity contribution in [2.24, 2.45) is 0 Å². The van der Waals surface area contributed by atoms with Gasteiger partial charge < -0.3 is 27.9 Å². The van der Waals surface area contributed by atoms with Crippen LogP contribution in [0.3, 0.4) is 0 Å². The van der Waals surface area contributed by atoms with Crippen molar-refractivity contribution in [2.75, 3.05) is 47.5 Å². The van der Waals surface area contributed by atoms with Crippen LogP contribution < -0.4 is 4.89 Å². The highest BCUT2D eigenvalue weighted by atomic mass is 31.2. The van der Waals surface area contributed by atoms with Gasteiger partial charge in [-0.15, -0.1) is 0 Å². The Labute approximate surface area is 294 Å². The molecule has 0 aliphatic carbocycles. The number of esters is 2. The highest BCUT2D eigenvalue weighted by Crippen LogP contribution is 2.38. The molecule has 0 N–H and O–H groups in total. The molecule has 0 aromatic rings. The van der Waals surface area contributed by atoms with E-state index in [2.05, 4.69) is 38.2 Å². The second kappa shape index (κ2) is 31.5.